The number of hydrogen-bond acceptors (Lipinski definition) is 6. The van der Waals surface area contributed by atoms with Crippen molar-refractivity contribution < 1.29 is 14.8 Å². The predicted octanol–water partition coefficient (Wildman–Crippen LogP) is 1.37. The molecule has 0 aromatic carbocycles. The molecule has 2 rings (SSSR count). The van der Waals surface area contributed by atoms with Gasteiger partial charge in [-0.15, -0.1) is 0 Å². The third-order valence-corrected chi connectivity index (χ3v) is 3.75. The molecular weight excluding hydrogens is 288 g/mol. The van der Waals surface area contributed by atoms with E-state index in [1.807, 2.05) is 4.90 Å². The van der Waals surface area contributed by atoms with E-state index in [-0.39, 0.29) is 12.1 Å². The lowest BCUT2D eigenvalue weighted by atomic mass is 10.3. The summed E-state index contributed by atoms with van der Waals surface area (Å²) in [5, 5.41) is 19.5. The second kappa shape index (κ2) is 7.69. The number of nitrogens with zero attached hydrogens (tertiary/aromatic N) is 4. The highest BCUT2D eigenvalue weighted by Crippen LogP contribution is 2.16. The maximum absolute atomic E-state index is 10.8. The first-order valence-corrected chi connectivity index (χ1v) is 7.36. The standard InChI is InChI=1S/C14H20N4O4/c19-14(20)5-8-17(10-9-16-6-1-2-7-16)13-4-3-12(11-15-13)18(21)22/h3-4,11H,1-2,5-10H2,(H,19,20). The molecule has 0 amide bonds. The second-order valence-corrected chi connectivity index (χ2v) is 5.31. The van der Waals surface area contributed by atoms with Crippen molar-refractivity contribution in [3.8, 4) is 0 Å². The zero-order valence-corrected chi connectivity index (χ0v) is 12.3. The summed E-state index contributed by atoms with van der Waals surface area (Å²) in [6.07, 6.45) is 3.62. The molecule has 1 saturated heterocycles. The van der Waals surface area contributed by atoms with E-state index in [0.29, 0.717) is 18.9 Å². The molecule has 1 N–H and O–H groups in total. The molecule has 0 radical (unpaired) electrons. The van der Waals surface area contributed by atoms with Gasteiger partial charge in [0, 0.05) is 25.7 Å². The molecule has 1 aromatic rings. The monoisotopic (exact) mass is 308 g/mol. The Labute approximate surface area is 128 Å². The van der Waals surface area contributed by atoms with Crippen molar-refractivity contribution in [1.82, 2.24) is 9.88 Å². The minimum absolute atomic E-state index is 0.0126. The third kappa shape index (κ3) is 4.66. The molecule has 0 spiro atoms. The van der Waals surface area contributed by atoms with Crippen molar-refractivity contribution in [3.05, 3.63) is 28.4 Å². The normalized spacial score (nSPS) is 14.9. The average molecular weight is 308 g/mol. The SMILES string of the molecule is O=C(O)CCN(CCN1CCCC1)c1ccc([N+](=O)[O-])cn1. The summed E-state index contributed by atoms with van der Waals surface area (Å²) in [7, 11) is 0. The quantitative estimate of drug-likeness (QED) is 0.571. The number of hydrogen-bond donors (Lipinski definition) is 1. The van der Waals surface area contributed by atoms with Gasteiger partial charge in [0.15, 0.2) is 0 Å². The molecule has 1 aromatic heterocycles. The molecule has 0 atom stereocenters. The molecule has 0 unspecified atom stereocenters. The van der Waals surface area contributed by atoms with Gasteiger partial charge in [-0.2, -0.15) is 0 Å². The maximum Gasteiger partial charge on any atom is 0.305 e. The molecule has 8 heteroatoms. The van der Waals surface area contributed by atoms with Crippen molar-refractivity contribution in [1.29, 1.82) is 0 Å². The molecule has 1 aliphatic rings. The van der Waals surface area contributed by atoms with Crippen molar-refractivity contribution in [3.63, 3.8) is 0 Å². The fourth-order valence-electron chi connectivity index (χ4n) is 2.51. The van der Waals surface area contributed by atoms with Crippen LogP contribution in [-0.2, 0) is 4.79 Å². The molecule has 1 fully saturated rings. The van der Waals surface area contributed by atoms with Crippen LogP contribution >= 0.6 is 0 Å². The molecule has 0 bridgehead atoms. The Morgan fingerprint density at radius 2 is 2.09 bits per heavy atom. The van der Waals surface area contributed by atoms with Crippen LogP contribution in [0.4, 0.5) is 11.5 Å². The lowest BCUT2D eigenvalue weighted by Gasteiger charge is -2.25. The van der Waals surface area contributed by atoms with Gasteiger partial charge < -0.3 is 14.9 Å². The summed E-state index contributed by atoms with van der Waals surface area (Å²) in [6, 6.07) is 2.97. The number of anilines is 1. The van der Waals surface area contributed by atoms with E-state index < -0.39 is 10.9 Å². The maximum atomic E-state index is 10.8. The van der Waals surface area contributed by atoms with Crippen LogP contribution in [0.2, 0.25) is 0 Å². The van der Waals surface area contributed by atoms with Crippen LogP contribution in [0.15, 0.2) is 18.3 Å². The van der Waals surface area contributed by atoms with E-state index in [0.717, 1.165) is 19.6 Å². The van der Waals surface area contributed by atoms with Crippen molar-refractivity contribution in [2.24, 2.45) is 0 Å². The fourth-order valence-corrected chi connectivity index (χ4v) is 2.51. The summed E-state index contributed by atoms with van der Waals surface area (Å²) in [6.45, 7) is 3.99. The van der Waals surface area contributed by atoms with Crippen LogP contribution in [0.3, 0.4) is 0 Å². The van der Waals surface area contributed by atoms with Crippen LogP contribution in [0.25, 0.3) is 0 Å². The van der Waals surface area contributed by atoms with Gasteiger partial charge in [-0.25, -0.2) is 4.98 Å². The third-order valence-electron chi connectivity index (χ3n) is 3.75. The summed E-state index contributed by atoms with van der Waals surface area (Å²) < 4.78 is 0. The predicted molar refractivity (Wildman–Crippen MR) is 81.0 cm³/mol. The topological polar surface area (TPSA) is 99.8 Å². The lowest BCUT2D eigenvalue weighted by molar-refractivity contribution is -0.385. The first-order valence-electron chi connectivity index (χ1n) is 7.36. The van der Waals surface area contributed by atoms with Crippen LogP contribution in [0.1, 0.15) is 19.3 Å². The van der Waals surface area contributed by atoms with E-state index in [4.69, 9.17) is 5.11 Å². The van der Waals surface area contributed by atoms with E-state index in [1.165, 1.54) is 25.1 Å². The largest absolute Gasteiger partial charge is 0.481 e. The Morgan fingerprint density at radius 1 is 1.36 bits per heavy atom. The number of likely N-dealkylation sites (tertiary alicyclic amines) is 1. The number of aliphatic carboxylic acids is 1. The van der Waals surface area contributed by atoms with Crippen LogP contribution < -0.4 is 4.90 Å². The molecular formula is C14H20N4O4. The summed E-state index contributed by atoms with van der Waals surface area (Å²) in [5.41, 5.74) is -0.0681. The van der Waals surface area contributed by atoms with Gasteiger partial charge >= 0.3 is 5.97 Å². The Balaban J connectivity index is 2.01. The minimum atomic E-state index is -0.868. The molecule has 22 heavy (non-hydrogen) atoms. The number of carboxylic acids is 1. The Hall–Kier alpha value is -2.22. The van der Waals surface area contributed by atoms with Crippen molar-refractivity contribution in [2.75, 3.05) is 37.6 Å². The van der Waals surface area contributed by atoms with Gasteiger partial charge in [0.05, 0.1) is 11.3 Å². The fraction of sp³-hybridized carbons (Fsp3) is 0.571. The molecule has 120 valence electrons. The highest BCUT2D eigenvalue weighted by molar-refractivity contribution is 5.67. The van der Waals surface area contributed by atoms with Crippen LogP contribution in [0, 0.1) is 10.1 Å². The van der Waals surface area contributed by atoms with Crippen LogP contribution in [0.5, 0.6) is 0 Å². The molecule has 0 aliphatic carbocycles. The highest BCUT2D eigenvalue weighted by Gasteiger charge is 2.16. The Bertz CT molecular complexity index is 514. The van der Waals surface area contributed by atoms with Gasteiger partial charge in [-0.3, -0.25) is 14.9 Å². The van der Waals surface area contributed by atoms with Crippen molar-refractivity contribution >= 4 is 17.5 Å². The van der Waals surface area contributed by atoms with Gasteiger partial charge in [0.25, 0.3) is 5.69 Å². The van der Waals surface area contributed by atoms with E-state index in [9.17, 15) is 14.9 Å². The molecule has 1 aliphatic heterocycles. The number of aromatic nitrogens is 1. The number of carboxylic acid groups (broad SMARTS) is 1. The zero-order chi connectivity index (χ0) is 15.9. The summed E-state index contributed by atoms with van der Waals surface area (Å²) in [5.74, 6) is -0.292. The highest BCUT2D eigenvalue weighted by atomic mass is 16.6. The molecule has 8 nitrogen and oxygen atoms in total. The van der Waals surface area contributed by atoms with Gasteiger partial charge in [0.2, 0.25) is 0 Å². The lowest BCUT2D eigenvalue weighted by Crippen LogP contribution is -2.35. The summed E-state index contributed by atoms with van der Waals surface area (Å²) >= 11 is 0. The zero-order valence-electron chi connectivity index (χ0n) is 12.3. The van der Waals surface area contributed by atoms with Crippen LogP contribution in [-0.4, -0.2) is 58.6 Å². The van der Waals surface area contributed by atoms with E-state index in [1.54, 1.807) is 6.07 Å². The van der Waals surface area contributed by atoms with Gasteiger partial charge in [0.1, 0.15) is 12.0 Å². The van der Waals surface area contributed by atoms with E-state index in [2.05, 4.69) is 9.88 Å². The number of pyridine rings is 1. The molecule has 2 heterocycles. The smallest absolute Gasteiger partial charge is 0.305 e. The second-order valence-electron chi connectivity index (χ2n) is 5.31. The average Bonchev–Trinajstić information content (AvgIpc) is 3.00. The summed E-state index contributed by atoms with van der Waals surface area (Å²) in [4.78, 5) is 29.3. The minimum Gasteiger partial charge on any atom is -0.481 e. The number of nitro groups is 1. The Morgan fingerprint density at radius 3 is 2.64 bits per heavy atom. The first kappa shape index (κ1) is 16.2. The van der Waals surface area contributed by atoms with Gasteiger partial charge in [-0.05, 0) is 32.0 Å². The van der Waals surface area contributed by atoms with Gasteiger partial charge in [-0.1, -0.05) is 0 Å². The number of carbonyl (C=O) groups is 1. The first-order chi connectivity index (χ1) is 10.6. The number of rotatable bonds is 8. The Kier molecular flexibility index (Phi) is 5.65. The molecule has 0 saturated carbocycles. The van der Waals surface area contributed by atoms with E-state index >= 15 is 0 Å². The van der Waals surface area contributed by atoms with Crippen molar-refractivity contribution in [2.45, 2.75) is 19.3 Å².